The molecular formula is C15H12N2O2. The molecule has 0 aromatic heterocycles. The third-order valence-electron chi connectivity index (χ3n) is 2.95. The van der Waals surface area contributed by atoms with Crippen molar-refractivity contribution < 1.29 is 9.47 Å². The van der Waals surface area contributed by atoms with Crippen LogP contribution in [-0.4, -0.2) is 6.79 Å². The molecule has 0 aliphatic carbocycles. The summed E-state index contributed by atoms with van der Waals surface area (Å²) < 4.78 is 10.6. The fourth-order valence-electron chi connectivity index (χ4n) is 1.99. The quantitative estimate of drug-likeness (QED) is 0.890. The van der Waals surface area contributed by atoms with Gasteiger partial charge >= 0.3 is 0 Å². The van der Waals surface area contributed by atoms with Crippen LogP contribution >= 0.6 is 0 Å². The summed E-state index contributed by atoms with van der Waals surface area (Å²) in [4.78, 5) is 0. The number of hydrogen-bond acceptors (Lipinski definition) is 4. The van der Waals surface area contributed by atoms with Gasteiger partial charge in [-0.2, -0.15) is 5.26 Å². The van der Waals surface area contributed by atoms with E-state index < -0.39 is 0 Å². The first-order chi connectivity index (χ1) is 9.26. The van der Waals surface area contributed by atoms with E-state index in [-0.39, 0.29) is 6.79 Å². The van der Waals surface area contributed by atoms with E-state index in [1.54, 1.807) is 0 Å². The normalized spacial score (nSPS) is 12.0. The molecule has 0 amide bonds. The van der Waals surface area contributed by atoms with E-state index in [1.165, 1.54) is 0 Å². The number of anilines is 2. The van der Waals surface area contributed by atoms with Gasteiger partial charge in [-0.25, -0.2) is 0 Å². The molecule has 0 saturated heterocycles. The van der Waals surface area contributed by atoms with Crippen molar-refractivity contribution in [3.8, 4) is 17.6 Å². The van der Waals surface area contributed by atoms with Crippen LogP contribution < -0.4 is 14.8 Å². The zero-order valence-electron chi connectivity index (χ0n) is 10.4. The van der Waals surface area contributed by atoms with Crippen molar-refractivity contribution in [1.29, 1.82) is 5.26 Å². The second-order valence-electron chi connectivity index (χ2n) is 4.35. The molecule has 94 valence electrons. The molecule has 1 heterocycles. The molecule has 0 unspecified atom stereocenters. The third kappa shape index (κ3) is 2.18. The summed E-state index contributed by atoms with van der Waals surface area (Å²) in [5, 5.41) is 12.3. The molecule has 2 aromatic rings. The second kappa shape index (κ2) is 4.54. The maximum absolute atomic E-state index is 9.11. The molecule has 3 rings (SSSR count). The monoisotopic (exact) mass is 252 g/mol. The molecule has 0 bridgehead atoms. The molecule has 4 heteroatoms. The van der Waals surface area contributed by atoms with Gasteiger partial charge in [-0.3, -0.25) is 0 Å². The minimum Gasteiger partial charge on any atom is -0.454 e. The van der Waals surface area contributed by atoms with Crippen LogP contribution in [-0.2, 0) is 0 Å². The number of nitrogens with zero attached hydrogens (tertiary/aromatic N) is 1. The molecular weight excluding hydrogens is 240 g/mol. The van der Waals surface area contributed by atoms with Crippen LogP contribution in [0.2, 0.25) is 0 Å². The van der Waals surface area contributed by atoms with Gasteiger partial charge in [0.2, 0.25) is 6.79 Å². The smallest absolute Gasteiger partial charge is 0.231 e. The van der Waals surface area contributed by atoms with Gasteiger partial charge in [-0.05, 0) is 36.8 Å². The topological polar surface area (TPSA) is 54.3 Å². The Morgan fingerprint density at radius 1 is 1.11 bits per heavy atom. The van der Waals surface area contributed by atoms with Gasteiger partial charge < -0.3 is 14.8 Å². The number of benzene rings is 2. The van der Waals surface area contributed by atoms with E-state index in [0.29, 0.717) is 5.56 Å². The highest BCUT2D eigenvalue weighted by atomic mass is 16.7. The Kier molecular flexibility index (Phi) is 2.73. The van der Waals surface area contributed by atoms with Crippen LogP contribution in [0.3, 0.4) is 0 Å². The fourth-order valence-corrected chi connectivity index (χ4v) is 1.99. The first-order valence-electron chi connectivity index (χ1n) is 5.94. The summed E-state index contributed by atoms with van der Waals surface area (Å²) in [6, 6.07) is 13.5. The average molecular weight is 252 g/mol. The predicted octanol–water partition coefficient (Wildman–Crippen LogP) is 3.34. The lowest BCUT2D eigenvalue weighted by Gasteiger charge is -2.09. The third-order valence-corrected chi connectivity index (χ3v) is 2.95. The van der Waals surface area contributed by atoms with E-state index in [4.69, 9.17) is 14.7 Å². The van der Waals surface area contributed by atoms with Crippen molar-refractivity contribution in [2.24, 2.45) is 0 Å². The van der Waals surface area contributed by atoms with Crippen molar-refractivity contribution in [2.75, 3.05) is 12.1 Å². The number of nitriles is 1. The second-order valence-corrected chi connectivity index (χ2v) is 4.35. The number of aryl methyl sites for hydroxylation is 1. The highest BCUT2D eigenvalue weighted by Gasteiger charge is 2.13. The number of hydrogen-bond donors (Lipinski definition) is 1. The standard InChI is InChI=1S/C15H12N2O2/c1-10-2-3-11(8-16)13(6-10)17-12-4-5-14-15(7-12)19-9-18-14/h2-7,17H,9H2,1H3. The Hall–Kier alpha value is -2.67. The number of fused-ring (bicyclic) bond motifs is 1. The highest BCUT2D eigenvalue weighted by Crippen LogP contribution is 2.35. The molecule has 4 nitrogen and oxygen atoms in total. The van der Waals surface area contributed by atoms with Gasteiger partial charge in [0.25, 0.3) is 0 Å². The minimum absolute atomic E-state index is 0.257. The van der Waals surface area contributed by atoms with E-state index >= 15 is 0 Å². The molecule has 1 aliphatic heterocycles. The van der Waals surface area contributed by atoms with Gasteiger partial charge in [-0.15, -0.1) is 0 Å². The lowest BCUT2D eigenvalue weighted by atomic mass is 10.1. The van der Waals surface area contributed by atoms with E-state index in [2.05, 4.69) is 11.4 Å². The fraction of sp³-hybridized carbons (Fsp3) is 0.133. The summed E-state index contributed by atoms with van der Waals surface area (Å²) in [7, 11) is 0. The SMILES string of the molecule is Cc1ccc(C#N)c(Nc2ccc3c(c2)OCO3)c1. The highest BCUT2D eigenvalue weighted by molar-refractivity contribution is 5.69. The molecule has 1 aliphatic rings. The Balaban J connectivity index is 1.93. The van der Waals surface area contributed by atoms with Gasteiger partial charge in [0.15, 0.2) is 11.5 Å². The van der Waals surface area contributed by atoms with Crippen LogP contribution in [0, 0.1) is 18.3 Å². The van der Waals surface area contributed by atoms with Crippen molar-refractivity contribution in [3.63, 3.8) is 0 Å². The molecule has 0 atom stereocenters. The van der Waals surface area contributed by atoms with Crippen molar-refractivity contribution in [1.82, 2.24) is 0 Å². The average Bonchev–Trinajstić information content (AvgIpc) is 2.86. The van der Waals surface area contributed by atoms with Crippen molar-refractivity contribution in [3.05, 3.63) is 47.5 Å². The van der Waals surface area contributed by atoms with Crippen molar-refractivity contribution in [2.45, 2.75) is 6.92 Å². The molecule has 0 fully saturated rings. The van der Waals surface area contributed by atoms with Crippen LogP contribution in [0.15, 0.2) is 36.4 Å². The van der Waals surface area contributed by atoms with Crippen LogP contribution in [0.4, 0.5) is 11.4 Å². The van der Waals surface area contributed by atoms with Gasteiger partial charge in [0, 0.05) is 11.8 Å². The Morgan fingerprint density at radius 3 is 2.79 bits per heavy atom. The van der Waals surface area contributed by atoms with Gasteiger partial charge in [-0.1, -0.05) is 6.07 Å². The maximum Gasteiger partial charge on any atom is 0.231 e. The number of nitrogens with one attached hydrogen (secondary N) is 1. The van der Waals surface area contributed by atoms with E-state index in [9.17, 15) is 0 Å². The molecule has 0 radical (unpaired) electrons. The first kappa shape index (κ1) is 11.4. The summed E-state index contributed by atoms with van der Waals surface area (Å²) in [5.74, 6) is 1.46. The van der Waals surface area contributed by atoms with Crippen LogP contribution in [0.1, 0.15) is 11.1 Å². The lowest BCUT2D eigenvalue weighted by molar-refractivity contribution is 0.174. The van der Waals surface area contributed by atoms with Crippen LogP contribution in [0.25, 0.3) is 0 Å². The summed E-state index contributed by atoms with van der Waals surface area (Å²) in [5.41, 5.74) is 3.37. The molecule has 0 saturated carbocycles. The molecule has 0 spiro atoms. The molecule has 2 aromatic carbocycles. The van der Waals surface area contributed by atoms with Gasteiger partial charge in [0.05, 0.1) is 11.3 Å². The zero-order chi connectivity index (χ0) is 13.2. The Bertz CT molecular complexity index is 674. The molecule has 19 heavy (non-hydrogen) atoms. The Labute approximate surface area is 111 Å². The maximum atomic E-state index is 9.11. The predicted molar refractivity (Wildman–Crippen MR) is 71.7 cm³/mol. The summed E-state index contributed by atoms with van der Waals surface area (Å²) >= 11 is 0. The summed E-state index contributed by atoms with van der Waals surface area (Å²) in [6.45, 7) is 2.25. The number of ether oxygens (including phenoxy) is 2. The minimum atomic E-state index is 0.257. The van der Waals surface area contributed by atoms with Crippen molar-refractivity contribution >= 4 is 11.4 Å². The largest absolute Gasteiger partial charge is 0.454 e. The lowest BCUT2D eigenvalue weighted by Crippen LogP contribution is -1.94. The van der Waals surface area contributed by atoms with Crippen LogP contribution in [0.5, 0.6) is 11.5 Å². The molecule has 1 N–H and O–H groups in total. The Morgan fingerprint density at radius 2 is 1.95 bits per heavy atom. The van der Waals surface area contributed by atoms with Gasteiger partial charge in [0.1, 0.15) is 6.07 Å². The van der Waals surface area contributed by atoms with E-state index in [0.717, 1.165) is 28.4 Å². The summed E-state index contributed by atoms with van der Waals surface area (Å²) in [6.07, 6.45) is 0. The zero-order valence-corrected chi connectivity index (χ0v) is 10.4. The number of rotatable bonds is 2. The first-order valence-corrected chi connectivity index (χ1v) is 5.94. The van der Waals surface area contributed by atoms with E-state index in [1.807, 2.05) is 43.3 Å².